The number of amides is 2. The van der Waals surface area contributed by atoms with E-state index in [-0.39, 0.29) is 25.0 Å². The largest absolute Gasteiger partial charge is 0.481 e. The van der Waals surface area contributed by atoms with Crippen molar-refractivity contribution >= 4 is 12.0 Å². The van der Waals surface area contributed by atoms with Crippen LogP contribution in [0.15, 0.2) is 0 Å². The molecule has 1 aliphatic heterocycles. The molecule has 1 saturated heterocycles. The minimum Gasteiger partial charge on any atom is -0.481 e. The number of nitrogens with zero attached hydrogens (tertiary/aromatic N) is 1. The Balaban J connectivity index is 2.12. The van der Waals surface area contributed by atoms with Gasteiger partial charge in [0.25, 0.3) is 0 Å². The van der Waals surface area contributed by atoms with Gasteiger partial charge in [-0.25, -0.2) is 4.79 Å². The predicted octanol–water partition coefficient (Wildman–Crippen LogP) is 0.635. The second kappa shape index (κ2) is 7.92. The van der Waals surface area contributed by atoms with Crippen molar-refractivity contribution in [2.24, 2.45) is 0 Å². The van der Waals surface area contributed by atoms with E-state index in [1.54, 1.807) is 0 Å². The zero-order valence-electron chi connectivity index (χ0n) is 10.9. The molecule has 18 heavy (non-hydrogen) atoms. The molecule has 1 atom stereocenters. The molecule has 1 unspecified atom stereocenters. The van der Waals surface area contributed by atoms with Crippen molar-refractivity contribution in [3.8, 4) is 0 Å². The van der Waals surface area contributed by atoms with Gasteiger partial charge in [0.15, 0.2) is 0 Å². The molecule has 2 amide bonds. The Labute approximate surface area is 108 Å². The SMILES string of the molecule is CC(CN1CCCCC1)NC(=O)NCCC(=O)O. The number of aliphatic carboxylic acids is 1. The third-order valence-electron chi connectivity index (χ3n) is 2.98. The molecular weight excluding hydrogens is 234 g/mol. The molecule has 0 aromatic carbocycles. The summed E-state index contributed by atoms with van der Waals surface area (Å²) in [6.07, 6.45) is 3.72. The third-order valence-corrected chi connectivity index (χ3v) is 2.98. The summed E-state index contributed by atoms with van der Waals surface area (Å²) in [7, 11) is 0. The average Bonchev–Trinajstić information content (AvgIpc) is 2.29. The highest BCUT2D eigenvalue weighted by Gasteiger charge is 2.14. The van der Waals surface area contributed by atoms with Crippen molar-refractivity contribution in [3.05, 3.63) is 0 Å². The molecule has 104 valence electrons. The maximum atomic E-state index is 11.4. The van der Waals surface area contributed by atoms with Crippen molar-refractivity contribution in [2.45, 2.75) is 38.6 Å². The Kier molecular flexibility index (Phi) is 6.49. The predicted molar refractivity (Wildman–Crippen MR) is 68.5 cm³/mol. The molecule has 6 nitrogen and oxygen atoms in total. The van der Waals surface area contributed by atoms with E-state index < -0.39 is 5.97 Å². The molecule has 1 aliphatic rings. The Morgan fingerprint density at radius 2 is 1.94 bits per heavy atom. The fraction of sp³-hybridized carbons (Fsp3) is 0.833. The van der Waals surface area contributed by atoms with Gasteiger partial charge in [0.1, 0.15) is 0 Å². The standard InChI is InChI=1S/C12H23N3O3/c1-10(9-15-7-3-2-4-8-15)14-12(18)13-6-5-11(16)17/h10H,2-9H2,1H3,(H,16,17)(H2,13,14,18). The first-order valence-electron chi connectivity index (χ1n) is 6.56. The van der Waals surface area contributed by atoms with E-state index in [1.165, 1.54) is 19.3 Å². The lowest BCUT2D eigenvalue weighted by molar-refractivity contribution is -0.136. The van der Waals surface area contributed by atoms with Crippen LogP contribution in [0.1, 0.15) is 32.6 Å². The van der Waals surface area contributed by atoms with E-state index in [9.17, 15) is 9.59 Å². The number of hydrogen-bond acceptors (Lipinski definition) is 3. The number of hydrogen-bond donors (Lipinski definition) is 3. The molecule has 0 spiro atoms. The minimum absolute atomic E-state index is 0.0477. The summed E-state index contributed by atoms with van der Waals surface area (Å²) in [4.78, 5) is 24.1. The van der Waals surface area contributed by atoms with Crippen LogP contribution in [0.5, 0.6) is 0 Å². The molecule has 0 aromatic heterocycles. The zero-order chi connectivity index (χ0) is 13.4. The average molecular weight is 257 g/mol. The lowest BCUT2D eigenvalue weighted by Crippen LogP contribution is -2.47. The van der Waals surface area contributed by atoms with E-state index in [0.29, 0.717) is 0 Å². The quantitative estimate of drug-likeness (QED) is 0.652. The Bertz CT molecular complexity index is 278. The van der Waals surface area contributed by atoms with Gasteiger partial charge in [-0.1, -0.05) is 6.42 Å². The Morgan fingerprint density at radius 3 is 2.56 bits per heavy atom. The van der Waals surface area contributed by atoms with Crippen LogP contribution < -0.4 is 10.6 Å². The number of piperidine rings is 1. The molecule has 6 heteroatoms. The lowest BCUT2D eigenvalue weighted by Gasteiger charge is -2.29. The Morgan fingerprint density at radius 1 is 1.28 bits per heavy atom. The molecule has 1 rings (SSSR count). The summed E-state index contributed by atoms with van der Waals surface area (Å²) < 4.78 is 0. The van der Waals surface area contributed by atoms with E-state index in [4.69, 9.17) is 5.11 Å². The first-order valence-corrected chi connectivity index (χ1v) is 6.56. The summed E-state index contributed by atoms with van der Waals surface area (Å²) in [6.45, 7) is 5.19. The van der Waals surface area contributed by atoms with Crippen LogP contribution in [0.25, 0.3) is 0 Å². The number of carbonyl (C=O) groups excluding carboxylic acids is 1. The summed E-state index contributed by atoms with van der Waals surface area (Å²) >= 11 is 0. The highest BCUT2D eigenvalue weighted by molar-refractivity contribution is 5.75. The second-order valence-electron chi connectivity index (χ2n) is 4.81. The van der Waals surface area contributed by atoms with Crippen LogP contribution >= 0.6 is 0 Å². The van der Waals surface area contributed by atoms with E-state index in [1.807, 2.05) is 6.92 Å². The van der Waals surface area contributed by atoms with E-state index in [2.05, 4.69) is 15.5 Å². The molecular formula is C12H23N3O3. The van der Waals surface area contributed by atoms with Crippen LogP contribution in [-0.4, -0.2) is 54.2 Å². The van der Waals surface area contributed by atoms with Gasteiger partial charge >= 0.3 is 12.0 Å². The monoisotopic (exact) mass is 257 g/mol. The first-order chi connectivity index (χ1) is 8.58. The van der Waals surface area contributed by atoms with Gasteiger partial charge < -0.3 is 20.6 Å². The molecule has 3 N–H and O–H groups in total. The smallest absolute Gasteiger partial charge is 0.315 e. The number of carboxylic acid groups (broad SMARTS) is 1. The van der Waals surface area contributed by atoms with Crippen LogP contribution in [0.4, 0.5) is 4.79 Å². The molecule has 1 heterocycles. The van der Waals surface area contributed by atoms with Gasteiger partial charge in [-0.3, -0.25) is 4.79 Å². The van der Waals surface area contributed by atoms with Crippen molar-refractivity contribution in [1.82, 2.24) is 15.5 Å². The van der Waals surface area contributed by atoms with Crippen molar-refractivity contribution in [3.63, 3.8) is 0 Å². The number of urea groups is 1. The number of rotatable bonds is 6. The van der Waals surface area contributed by atoms with E-state index in [0.717, 1.165) is 19.6 Å². The maximum absolute atomic E-state index is 11.4. The molecule has 0 aromatic rings. The van der Waals surface area contributed by atoms with Gasteiger partial charge in [-0.2, -0.15) is 0 Å². The van der Waals surface area contributed by atoms with Crippen LogP contribution in [-0.2, 0) is 4.79 Å². The fourth-order valence-corrected chi connectivity index (χ4v) is 2.13. The van der Waals surface area contributed by atoms with Crippen LogP contribution in [0.3, 0.4) is 0 Å². The molecule has 0 bridgehead atoms. The normalized spacial score (nSPS) is 18.1. The number of nitrogens with one attached hydrogen (secondary N) is 2. The zero-order valence-corrected chi connectivity index (χ0v) is 10.9. The van der Waals surface area contributed by atoms with Gasteiger partial charge in [0.05, 0.1) is 6.42 Å². The number of carbonyl (C=O) groups is 2. The highest BCUT2D eigenvalue weighted by atomic mass is 16.4. The van der Waals surface area contributed by atoms with Crippen LogP contribution in [0, 0.1) is 0 Å². The summed E-state index contributed by atoms with van der Waals surface area (Å²) in [5.74, 6) is -0.906. The van der Waals surface area contributed by atoms with E-state index >= 15 is 0 Å². The Hall–Kier alpha value is -1.30. The molecule has 0 radical (unpaired) electrons. The first kappa shape index (κ1) is 14.8. The lowest BCUT2D eigenvalue weighted by atomic mass is 10.1. The van der Waals surface area contributed by atoms with Gasteiger partial charge in [-0.05, 0) is 32.9 Å². The summed E-state index contributed by atoms with van der Waals surface area (Å²) in [6, 6.07) is -0.214. The minimum atomic E-state index is -0.906. The van der Waals surface area contributed by atoms with Crippen molar-refractivity contribution in [1.29, 1.82) is 0 Å². The number of likely N-dealkylation sites (tertiary alicyclic amines) is 1. The van der Waals surface area contributed by atoms with Crippen LogP contribution in [0.2, 0.25) is 0 Å². The summed E-state index contributed by atoms with van der Waals surface area (Å²) in [5.41, 5.74) is 0. The second-order valence-corrected chi connectivity index (χ2v) is 4.81. The topological polar surface area (TPSA) is 81.7 Å². The van der Waals surface area contributed by atoms with Crippen molar-refractivity contribution in [2.75, 3.05) is 26.2 Å². The summed E-state index contributed by atoms with van der Waals surface area (Å²) in [5, 5.41) is 13.8. The van der Waals surface area contributed by atoms with Crippen molar-refractivity contribution < 1.29 is 14.7 Å². The van der Waals surface area contributed by atoms with Gasteiger partial charge in [-0.15, -0.1) is 0 Å². The van der Waals surface area contributed by atoms with Gasteiger partial charge in [0, 0.05) is 19.1 Å². The third kappa shape index (κ3) is 6.44. The molecule has 0 aliphatic carbocycles. The van der Waals surface area contributed by atoms with Gasteiger partial charge in [0.2, 0.25) is 0 Å². The maximum Gasteiger partial charge on any atom is 0.315 e. The molecule has 0 saturated carbocycles. The molecule has 1 fully saturated rings. The fourth-order valence-electron chi connectivity index (χ4n) is 2.13. The highest BCUT2D eigenvalue weighted by Crippen LogP contribution is 2.08. The number of carboxylic acids is 1.